The Balaban J connectivity index is 1.44. The molecular formula is C22H27N3O3S. The molecule has 1 saturated heterocycles. The molecule has 29 heavy (non-hydrogen) atoms. The Morgan fingerprint density at radius 3 is 2.55 bits per heavy atom. The van der Waals surface area contributed by atoms with E-state index in [1.165, 1.54) is 4.70 Å². The zero-order valence-electron chi connectivity index (χ0n) is 17.2. The smallest absolute Gasteiger partial charge is 0.186 e. The highest BCUT2D eigenvalue weighted by atomic mass is 32.1. The van der Waals surface area contributed by atoms with Gasteiger partial charge in [-0.2, -0.15) is 0 Å². The summed E-state index contributed by atoms with van der Waals surface area (Å²) in [6, 6.07) is 12.1. The summed E-state index contributed by atoms with van der Waals surface area (Å²) >= 11 is 1.74. The Morgan fingerprint density at radius 2 is 1.83 bits per heavy atom. The Bertz CT molecular complexity index is 967. The van der Waals surface area contributed by atoms with Gasteiger partial charge >= 0.3 is 0 Å². The summed E-state index contributed by atoms with van der Waals surface area (Å²) < 4.78 is 17.8. The quantitative estimate of drug-likeness (QED) is 0.583. The summed E-state index contributed by atoms with van der Waals surface area (Å²) in [5.74, 6) is 2.64. The van der Waals surface area contributed by atoms with Crippen molar-refractivity contribution < 1.29 is 14.2 Å². The number of ether oxygens (including phenoxy) is 3. The molecule has 0 atom stereocenters. The fourth-order valence-corrected chi connectivity index (χ4v) is 4.70. The van der Waals surface area contributed by atoms with Crippen LogP contribution in [0.1, 0.15) is 12.5 Å². The van der Waals surface area contributed by atoms with Gasteiger partial charge < -0.3 is 19.1 Å². The maximum absolute atomic E-state index is 5.74. The van der Waals surface area contributed by atoms with Crippen LogP contribution in [-0.2, 0) is 6.54 Å². The van der Waals surface area contributed by atoms with Crippen molar-refractivity contribution in [1.82, 2.24) is 9.88 Å². The maximum atomic E-state index is 5.74. The molecule has 0 bridgehead atoms. The molecule has 0 amide bonds. The van der Waals surface area contributed by atoms with Gasteiger partial charge in [0.05, 0.1) is 25.5 Å². The van der Waals surface area contributed by atoms with Crippen molar-refractivity contribution in [3.8, 4) is 17.2 Å². The van der Waals surface area contributed by atoms with Crippen LogP contribution in [0.5, 0.6) is 17.2 Å². The largest absolute Gasteiger partial charge is 0.497 e. The number of rotatable bonds is 7. The second-order valence-corrected chi connectivity index (χ2v) is 7.98. The molecule has 0 aliphatic carbocycles. The molecular weight excluding hydrogens is 386 g/mol. The first kappa shape index (κ1) is 19.8. The van der Waals surface area contributed by atoms with E-state index in [0.717, 1.165) is 66.2 Å². The van der Waals surface area contributed by atoms with Gasteiger partial charge in [0, 0.05) is 38.3 Å². The van der Waals surface area contributed by atoms with E-state index in [-0.39, 0.29) is 0 Å². The molecule has 6 nitrogen and oxygen atoms in total. The van der Waals surface area contributed by atoms with Gasteiger partial charge in [0.25, 0.3) is 0 Å². The highest BCUT2D eigenvalue weighted by Gasteiger charge is 2.21. The van der Waals surface area contributed by atoms with Crippen LogP contribution in [0.4, 0.5) is 5.13 Å². The average Bonchev–Trinajstić information content (AvgIpc) is 3.20. The van der Waals surface area contributed by atoms with Gasteiger partial charge in [0.1, 0.15) is 22.8 Å². The predicted octanol–water partition coefficient (Wildman–Crippen LogP) is 4.03. The molecule has 1 aromatic heterocycles. The van der Waals surface area contributed by atoms with Crippen molar-refractivity contribution in [3.05, 3.63) is 42.0 Å². The number of aromatic nitrogens is 1. The molecule has 0 saturated carbocycles. The predicted molar refractivity (Wildman–Crippen MR) is 118 cm³/mol. The van der Waals surface area contributed by atoms with E-state index in [4.69, 9.17) is 19.2 Å². The number of nitrogens with zero attached hydrogens (tertiary/aromatic N) is 3. The summed E-state index contributed by atoms with van der Waals surface area (Å²) in [4.78, 5) is 9.70. The fraction of sp³-hybridized carbons (Fsp3) is 0.409. The molecule has 1 fully saturated rings. The van der Waals surface area contributed by atoms with Crippen LogP contribution in [0.25, 0.3) is 10.2 Å². The van der Waals surface area contributed by atoms with Crippen LogP contribution < -0.4 is 19.1 Å². The average molecular weight is 414 g/mol. The minimum absolute atomic E-state index is 0.651. The van der Waals surface area contributed by atoms with Gasteiger partial charge in [0.2, 0.25) is 0 Å². The third-order valence-electron chi connectivity index (χ3n) is 5.19. The van der Waals surface area contributed by atoms with Gasteiger partial charge in [-0.15, -0.1) is 0 Å². The van der Waals surface area contributed by atoms with Crippen molar-refractivity contribution in [2.45, 2.75) is 13.5 Å². The number of fused-ring (bicyclic) bond motifs is 1. The molecule has 1 aliphatic heterocycles. The SMILES string of the molecule is CCOc1cccc2sc(N3CCN(Cc4cc(OC)ccc4OC)CC3)nc12. The molecule has 0 unspecified atom stereocenters. The standard InChI is InChI=1S/C22H27N3O3S/c1-4-28-19-6-5-7-20-21(19)23-22(29-20)25-12-10-24(11-13-25)15-16-14-17(26-2)8-9-18(16)27-3/h5-9,14H,4,10-13,15H2,1-3H3. The summed E-state index contributed by atoms with van der Waals surface area (Å²) in [5.41, 5.74) is 2.12. The summed E-state index contributed by atoms with van der Waals surface area (Å²) in [7, 11) is 3.41. The van der Waals surface area contributed by atoms with E-state index in [1.807, 2.05) is 31.2 Å². The Hall–Kier alpha value is -2.51. The highest BCUT2D eigenvalue weighted by Crippen LogP contribution is 2.34. The Morgan fingerprint density at radius 1 is 1.00 bits per heavy atom. The number of benzene rings is 2. The lowest BCUT2D eigenvalue weighted by molar-refractivity contribution is 0.245. The first-order valence-electron chi connectivity index (χ1n) is 9.92. The van der Waals surface area contributed by atoms with E-state index in [9.17, 15) is 0 Å². The number of anilines is 1. The molecule has 1 aliphatic rings. The number of methoxy groups -OCH3 is 2. The number of hydrogen-bond donors (Lipinski definition) is 0. The molecule has 3 aromatic rings. The van der Waals surface area contributed by atoms with Crippen LogP contribution in [0, 0.1) is 0 Å². The van der Waals surface area contributed by atoms with Crippen LogP contribution >= 0.6 is 11.3 Å². The molecule has 154 valence electrons. The fourth-order valence-electron chi connectivity index (χ4n) is 3.66. The van der Waals surface area contributed by atoms with Gasteiger partial charge in [0.15, 0.2) is 5.13 Å². The lowest BCUT2D eigenvalue weighted by Crippen LogP contribution is -2.46. The van der Waals surface area contributed by atoms with Crippen molar-refractivity contribution in [2.75, 3.05) is 51.9 Å². The third-order valence-corrected chi connectivity index (χ3v) is 6.28. The lowest BCUT2D eigenvalue weighted by atomic mass is 10.1. The first-order chi connectivity index (χ1) is 14.2. The van der Waals surface area contributed by atoms with E-state index in [2.05, 4.69) is 21.9 Å². The van der Waals surface area contributed by atoms with Crippen LogP contribution in [-0.4, -0.2) is 56.9 Å². The molecule has 0 N–H and O–H groups in total. The lowest BCUT2D eigenvalue weighted by Gasteiger charge is -2.34. The van der Waals surface area contributed by atoms with Gasteiger partial charge in [-0.05, 0) is 37.3 Å². The van der Waals surface area contributed by atoms with Crippen LogP contribution in [0.15, 0.2) is 36.4 Å². The minimum Gasteiger partial charge on any atom is -0.497 e. The maximum Gasteiger partial charge on any atom is 0.186 e. The van der Waals surface area contributed by atoms with E-state index >= 15 is 0 Å². The summed E-state index contributed by atoms with van der Waals surface area (Å²) in [6.45, 7) is 7.37. The van der Waals surface area contributed by atoms with Crippen molar-refractivity contribution >= 4 is 26.7 Å². The van der Waals surface area contributed by atoms with E-state index < -0.39 is 0 Å². The summed E-state index contributed by atoms with van der Waals surface area (Å²) in [6.07, 6.45) is 0. The van der Waals surface area contributed by atoms with Gasteiger partial charge in [-0.25, -0.2) is 4.98 Å². The van der Waals surface area contributed by atoms with E-state index in [0.29, 0.717) is 6.61 Å². The number of para-hydroxylation sites is 1. The second kappa shape index (κ2) is 8.88. The number of hydrogen-bond acceptors (Lipinski definition) is 7. The normalized spacial score (nSPS) is 14.9. The van der Waals surface area contributed by atoms with Gasteiger partial charge in [-0.3, -0.25) is 4.90 Å². The second-order valence-electron chi connectivity index (χ2n) is 6.97. The van der Waals surface area contributed by atoms with Crippen LogP contribution in [0.2, 0.25) is 0 Å². The highest BCUT2D eigenvalue weighted by molar-refractivity contribution is 7.22. The molecule has 2 aromatic carbocycles. The zero-order chi connectivity index (χ0) is 20.2. The van der Waals surface area contributed by atoms with Crippen molar-refractivity contribution in [2.24, 2.45) is 0 Å². The molecule has 0 radical (unpaired) electrons. The molecule has 0 spiro atoms. The topological polar surface area (TPSA) is 47.1 Å². The summed E-state index contributed by atoms with van der Waals surface area (Å²) in [5, 5.41) is 1.07. The zero-order valence-corrected chi connectivity index (χ0v) is 18.0. The van der Waals surface area contributed by atoms with E-state index in [1.54, 1.807) is 25.6 Å². The monoisotopic (exact) mass is 413 g/mol. The van der Waals surface area contributed by atoms with Gasteiger partial charge in [-0.1, -0.05) is 17.4 Å². The Kier molecular flexibility index (Phi) is 6.06. The molecule has 4 rings (SSSR count). The number of piperazine rings is 1. The third kappa shape index (κ3) is 4.26. The number of thiazole rings is 1. The molecule has 2 heterocycles. The first-order valence-corrected chi connectivity index (χ1v) is 10.7. The van der Waals surface area contributed by atoms with Crippen molar-refractivity contribution in [3.63, 3.8) is 0 Å². The Labute approximate surface area is 175 Å². The minimum atomic E-state index is 0.651. The van der Waals surface area contributed by atoms with Crippen molar-refractivity contribution in [1.29, 1.82) is 0 Å². The molecule has 7 heteroatoms. The van der Waals surface area contributed by atoms with Crippen LogP contribution in [0.3, 0.4) is 0 Å².